The predicted molar refractivity (Wildman–Crippen MR) is 88.5 cm³/mol. The van der Waals surface area contributed by atoms with Crippen molar-refractivity contribution in [1.82, 2.24) is 0 Å². The number of ketones is 1. The number of halogens is 1. The van der Waals surface area contributed by atoms with Crippen molar-refractivity contribution in [3.8, 4) is 0 Å². The Morgan fingerprint density at radius 2 is 2.05 bits per heavy atom. The SMILES string of the molecule is Cc1cc(N)cc(C(=O)c2csc3c(Br)cccc23)c1. The summed E-state index contributed by atoms with van der Waals surface area (Å²) in [6.45, 7) is 1.94. The third-order valence-corrected chi connectivity index (χ3v) is 5.11. The highest BCUT2D eigenvalue weighted by molar-refractivity contribution is 9.10. The van der Waals surface area contributed by atoms with E-state index in [0.717, 1.165) is 25.7 Å². The first kappa shape index (κ1) is 13.3. The van der Waals surface area contributed by atoms with Gasteiger partial charge in [-0.15, -0.1) is 11.3 Å². The van der Waals surface area contributed by atoms with E-state index in [2.05, 4.69) is 15.9 Å². The lowest BCUT2D eigenvalue weighted by molar-refractivity contribution is 0.104. The van der Waals surface area contributed by atoms with Crippen molar-refractivity contribution < 1.29 is 4.79 Å². The van der Waals surface area contributed by atoms with E-state index < -0.39 is 0 Å². The van der Waals surface area contributed by atoms with Gasteiger partial charge in [0.1, 0.15) is 0 Å². The van der Waals surface area contributed by atoms with Gasteiger partial charge < -0.3 is 5.73 Å². The molecule has 2 nitrogen and oxygen atoms in total. The van der Waals surface area contributed by atoms with Gasteiger partial charge in [-0.2, -0.15) is 0 Å². The van der Waals surface area contributed by atoms with E-state index in [9.17, 15) is 4.79 Å². The van der Waals surface area contributed by atoms with Gasteiger partial charge in [-0.25, -0.2) is 0 Å². The Balaban J connectivity index is 2.15. The van der Waals surface area contributed by atoms with Crippen LogP contribution in [0.25, 0.3) is 10.1 Å². The van der Waals surface area contributed by atoms with Gasteiger partial charge in [-0.1, -0.05) is 12.1 Å². The van der Waals surface area contributed by atoms with E-state index in [1.54, 1.807) is 17.4 Å². The topological polar surface area (TPSA) is 43.1 Å². The number of anilines is 1. The molecule has 0 aliphatic rings. The molecule has 0 bridgehead atoms. The minimum absolute atomic E-state index is 0.0183. The highest BCUT2D eigenvalue weighted by atomic mass is 79.9. The third-order valence-electron chi connectivity index (χ3n) is 3.16. The second-order valence-corrected chi connectivity index (χ2v) is 6.46. The largest absolute Gasteiger partial charge is 0.399 e. The van der Waals surface area contributed by atoms with Crippen LogP contribution in [0.3, 0.4) is 0 Å². The van der Waals surface area contributed by atoms with Crippen LogP contribution in [0.1, 0.15) is 21.5 Å². The third kappa shape index (κ3) is 2.25. The first-order chi connectivity index (χ1) is 9.56. The summed E-state index contributed by atoms with van der Waals surface area (Å²) in [5.74, 6) is 0.0183. The van der Waals surface area contributed by atoms with Gasteiger partial charge in [0, 0.05) is 36.8 Å². The number of aryl methyl sites for hydroxylation is 1. The van der Waals surface area contributed by atoms with Gasteiger partial charge in [0.15, 0.2) is 5.78 Å². The standard InChI is InChI=1S/C16H12BrNOS/c1-9-5-10(7-11(18)6-9)15(19)13-8-20-16-12(13)3-2-4-14(16)17/h2-8H,18H2,1H3. The molecule has 0 saturated carbocycles. The summed E-state index contributed by atoms with van der Waals surface area (Å²) in [7, 11) is 0. The van der Waals surface area contributed by atoms with E-state index in [1.807, 2.05) is 42.6 Å². The number of carbonyl (C=O) groups excluding carboxylic acids is 1. The van der Waals surface area contributed by atoms with Gasteiger partial charge in [0.25, 0.3) is 0 Å². The molecule has 0 saturated heterocycles. The van der Waals surface area contributed by atoms with E-state index in [1.165, 1.54) is 0 Å². The summed E-state index contributed by atoms with van der Waals surface area (Å²) >= 11 is 5.09. The number of nitrogens with two attached hydrogens (primary N) is 1. The lowest BCUT2D eigenvalue weighted by atomic mass is 10.0. The molecule has 3 aromatic rings. The molecule has 0 spiro atoms. The van der Waals surface area contributed by atoms with E-state index in [-0.39, 0.29) is 5.78 Å². The normalized spacial score (nSPS) is 10.9. The predicted octanol–water partition coefficient (Wildman–Crippen LogP) is 4.79. The van der Waals surface area contributed by atoms with Crippen LogP contribution < -0.4 is 5.73 Å². The zero-order valence-corrected chi connectivity index (χ0v) is 13.2. The maximum Gasteiger partial charge on any atom is 0.194 e. The first-order valence-electron chi connectivity index (χ1n) is 6.14. The molecule has 0 fully saturated rings. The zero-order valence-electron chi connectivity index (χ0n) is 10.8. The van der Waals surface area contributed by atoms with Gasteiger partial charge in [-0.05, 0) is 52.7 Å². The molecule has 2 aromatic carbocycles. The molecule has 0 radical (unpaired) electrons. The number of hydrogen-bond donors (Lipinski definition) is 1. The van der Waals surface area contributed by atoms with Crippen molar-refractivity contribution in [3.63, 3.8) is 0 Å². The average molecular weight is 346 g/mol. The number of fused-ring (bicyclic) bond motifs is 1. The molecule has 0 amide bonds. The Morgan fingerprint density at radius 3 is 2.80 bits per heavy atom. The van der Waals surface area contributed by atoms with Crippen LogP contribution in [-0.2, 0) is 0 Å². The molecular weight excluding hydrogens is 334 g/mol. The molecular formula is C16H12BrNOS. The van der Waals surface area contributed by atoms with Crippen molar-refractivity contribution in [2.45, 2.75) is 6.92 Å². The summed E-state index contributed by atoms with van der Waals surface area (Å²) in [5, 5.41) is 2.89. The number of carbonyl (C=O) groups is 1. The number of benzene rings is 2. The van der Waals surface area contributed by atoms with E-state index >= 15 is 0 Å². The Labute approximate surface area is 129 Å². The van der Waals surface area contributed by atoms with Crippen molar-refractivity contribution in [2.24, 2.45) is 0 Å². The quantitative estimate of drug-likeness (QED) is 0.536. The van der Waals surface area contributed by atoms with Crippen LogP contribution in [0, 0.1) is 6.92 Å². The molecule has 0 atom stereocenters. The number of rotatable bonds is 2. The number of hydrogen-bond acceptors (Lipinski definition) is 3. The monoisotopic (exact) mass is 345 g/mol. The van der Waals surface area contributed by atoms with Crippen molar-refractivity contribution in [1.29, 1.82) is 0 Å². The lowest BCUT2D eigenvalue weighted by Crippen LogP contribution is -2.02. The smallest absolute Gasteiger partial charge is 0.194 e. The van der Waals surface area contributed by atoms with Crippen molar-refractivity contribution in [2.75, 3.05) is 5.73 Å². The van der Waals surface area contributed by atoms with Gasteiger partial charge >= 0.3 is 0 Å². The summed E-state index contributed by atoms with van der Waals surface area (Å²) in [5.41, 5.74) is 8.82. The van der Waals surface area contributed by atoms with Gasteiger partial charge in [0.2, 0.25) is 0 Å². The van der Waals surface area contributed by atoms with Crippen LogP contribution >= 0.6 is 27.3 Å². The van der Waals surface area contributed by atoms with E-state index in [0.29, 0.717) is 11.3 Å². The van der Waals surface area contributed by atoms with Crippen LogP contribution in [0.4, 0.5) is 5.69 Å². The molecule has 1 aromatic heterocycles. The average Bonchev–Trinajstić information content (AvgIpc) is 2.82. The summed E-state index contributed by atoms with van der Waals surface area (Å²) in [4.78, 5) is 12.7. The van der Waals surface area contributed by atoms with Crippen LogP contribution in [-0.4, -0.2) is 5.78 Å². The zero-order chi connectivity index (χ0) is 14.3. The minimum Gasteiger partial charge on any atom is -0.399 e. The van der Waals surface area contributed by atoms with Crippen molar-refractivity contribution >= 4 is 48.8 Å². The Hall–Kier alpha value is -1.65. The fraction of sp³-hybridized carbons (Fsp3) is 0.0625. The highest BCUT2D eigenvalue weighted by Gasteiger charge is 2.16. The summed E-state index contributed by atoms with van der Waals surface area (Å²) in [6, 6.07) is 11.4. The molecule has 0 unspecified atom stereocenters. The first-order valence-corrected chi connectivity index (χ1v) is 7.81. The fourth-order valence-corrected chi connectivity index (χ4v) is 3.90. The second kappa shape index (κ2) is 5.04. The van der Waals surface area contributed by atoms with Gasteiger partial charge in [-0.3, -0.25) is 4.79 Å². The van der Waals surface area contributed by atoms with Gasteiger partial charge in [0.05, 0.1) is 0 Å². The second-order valence-electron chi connectivity index (χ2n) is 4.73. The van der Waals surface area contributed by atoms with Crippen LogP contribution in [0.5, 0.6) is 0 Å². The molecule has 3 rings (SSSR count). The summed E-state index contributed by atoms with van der Waals surface area (Å²) in [6.07, 6.45) is 0. The molecule has 1 heterocycles. The lowest BCUT2D eigenvalue weighted by Gasteiger charge is -2.04. The maximum atomic E-state index is 12.7. The fourth-order valence-electron chi connectivity index (χ4n) is 2.30. The molecule has 4 heteroatoms. The number of thiophene rings is 1. The molecule has 20 heavy (non-hydrogen) atoms. The minimum atomic E-state index is 0.0183. The highest BCUT2D eigenvalue weighted by Crippen LogP contribution is 2.33. The molecule has 100 valence electrons. The molecule has 2 N–H and O–H groups in total. The Kier molecular flexibility index (Phi) is 3.36. The molecule has 0 aliphatic heterocycles. The molecule has 0 aliphatic carbocycles. The van der Waals surface area contributed by atoms with Crippen LogP contribution in [0.15, 0.2) is 46.3 Å². The van der Waals surface area contributed by atoms with E-state index in [4.69, 9.17) is 5.73 Å². The Bertz CT molecular complexity index is 802. The maximum absolute atomic E-state index is 12.7. The number of nitrogen functional groups attached to an aromatic ring is 1. The Morgan fingerprint density at radius 1 is 1.25 bits per heavy atom. The van der Waals surface area contributed by atoms with Crippen molar-refractivity contribution in [3.05, 3.63) is 62.9 Å². The van der Waals surface area contributed by atoms with Crippen LogP contribution in [0.2, 0.25) is 0 Å². The summed E-state index contributed by atoms with van der Waals surface area (Å²) < 4.78 is 2.11.